The van der Waals surface area contributed by atoms with Crippen LogP contribution in [-0.2, 0) is 20.8 Å². The minimum atomic E-state index is -0.467. The first kappa shape index (κ1) is 23.2. The second-order valence-corrected chi connectivity index (χ2v) is 8.66. The van der Waals surface area contributed by atoms with Crippen molar-refractivity contribution in [2.24, 2.45) is 5.92 Å². The number of carbonyl (C=O) groups is 2. The minimum Gasteiger partial charge on any atom is -0.465 e. The van der Waals surface area contributed by atoms with E-state index in [9.17, 15) is 9.59 Å². The lowest BCUT2D eigenvalue weighted by Crippen LogP contribution is -2.42. The highest BCUT2D eigenvalue weighted by molar-refractivity contribution is 5.75. The third kappa shape index (κ3) is 8.44. The summed E-state index contributed by atoms with van der Waals surface area (Å²) in [4.78, 5) is 26.3. The Hall–Kier alpha value is -2.08. The summed E-state index contributed by atoms with van der Waals surface area (Å²) in [6, 6.07) is 9.75. The van der Waals surface area contributed by atoms with E-state index < -0.39 is 5.60 Å². The van der Waals surface area contributed by atoms with Crippen LogP contribution in [0.5, 0.6) is 0 Å². The summed E-state index contributed by atoms with van der Waals surface area (Å²) in [6.45, 7) is 9.93. The molecule has 1 saturated heterocycles. The van der Waals surface area contributed by atoms with Gasteiger partial charge in [-0.05, 0) is 64.9 Å². The van der Waals surface area contributed by atoms with Crippen LogP contribution in [0.2, 0.25) is 0 Å². The predicted molar refractivity (Wildman–Crippen MR) is 113 cm³/mol. The lowest BCUT2D eigenvalue weighted by atomic mass is 9.90. The number of benzene rings is 1. The van der Waals surface area contributed by atoms with Crippen LogP contribution in [0, 0.1) is 5.92 Å². The molecule has 1 unspecified atom stereocenters. The SMILES string of the molecule is CCOC(=O)C(CCC1CCN(C(=O)OC(C)(C)C)CC1)NCc1ccccc1. The number of nitrogens with zero attached hydrogens (tertiary/aromatic N) is 1. The van der Waals surface area contributed by atoms with E-state index in [2.05, 4.69) is 5.32 Å². The molecule has 1 amide bonds. The quantitative estimate of drug-likeness (QED) is 0.660. The van der Waals surface area contributed by atoms with Gasteiger partial charge in [-0.15, -0.1) is 0 Å². The maximum atomic E-state index is 12.4. The van der Waals surface area contributed by atoms with Crippen molar-refractivity contribution >= 4 is 12.1 Å². The zero-order valence-corrected chi connectivity index (χ0v) is 18.3. The molecule has 1 fully saturated rings. The van der Waals surface area contributed by atoms with E-state index in [4.69, 9.17) is 9.47 Å². The highest BCUT2D eigenvalue weighted by atomic mass is 16.6. The third-order valence-electron chi connectivity index (χ3n) is 5.10. The first-order valence-electron chi connectivity index (χ1n) is 10.7. The van der Waals surface area contributed by atoms with Crippen LogP contribution in [0.1, 0.15) is 58.9 Å². The molecule has 1 aliphatic rings. The van der Waals surface area contributed by atoms with Crippen LogP contribution in [0.3, 0.4) is 0 Å². The maximum absolute atomic E-state index is 12.4. The van der Waals surface area contributed by atoms with Gasteiger partial charge in [0, 0.05) is 19.6 Å². The zero-order chi connectivity index (χ0) is 21.3. The average molecular weight is 405 g/mol. The maximum Gasteiger partial charge on any atom is 0.410 e. The molecule has 1 aromatic carbocycles. The monoisotopic (exact) mass is 404 g/mol. The van der Waals surface area contributed by atoms with Crippen LogP contribution < -0.4 is 5.32 Å². The van der Waals surface area contributed by atoms with Gasteiger partial charge in [0.05, 0.1) is 6.61 Å². The summed E-state index contributed by atoms with van der Waals surface area (Å²) < 4.78 is 10.7. The van der Waals surface area contributed by atoms with Gasteiger partial charge in [-0.3, -0.25) is 4.79 Å². The molecule has 1 aliphatic heterocycles. The Morgan fingerprint density at radius 2 is 1.83 bits per heavy atom. The van der Waals surface area contributed by atoms with Gasteiger partial charge in [-0.25, -0.2) is 4.79 Å². The van der Waals surface area contributed by atoms with E-state index in [1.807, 2.05) is 58.0 Å². The fourth-order valence-electron chi connectivity index (χ4n) is 3.52. The van der Waals surface area contributed by atoms with Crippen molar-refractivity contribution in [3.8, 4) is 0 Å². The first-order chi connectivity index (χ1) is 13.8. The lowest BCUT2D eigenvalue weighted by molar-refractivity contribution is -0.146. The Morgan fingerprint density at radius 1 is 1.17 bits per heavy atom. The molecule has 0 spiro atoms. The number of esters is 1. The van der Waals surface area contributed by atoms with Crippen LogP contribution in [0.15, 0.2) is 30.3 Å². The second kappa shape index (κ2) is 11.2. The van der Waals surface area contributed by atoms with Crippen molar-refractivity contribution in [3.05, 3.63) is 35.9 Å². The number of carbonyl (C=O) groups excluding carboxylic acids is 2. The minimum absolute atomic E-state index is 0.186. The van der Waals surface area contributed by atoms with Crippen LogP contribution >= 0.6 is 0 Å². The van der Waals surface area contributed by atoms with Crippen molar-refractivity contribution in [2.45, 2.75) is 71.6 Å². The Labute approximate surface area is 174 Å². The highest BCUT2D eigenvalue weighted by Gasteiger charge is 2.28. The second-order valence-electron chi connectivity index (χ2n) is 8.66. The number of rotatable bonds is 8. The summed E-state index contributed by atoms with van der Waals surface area (Å²) in [5.74, 6) is 0.318. The van der Waals surface area contributed by atoms with E-state index in [0.717, 1.165) is 31.2 Å². The number of nitrogens with one attached hydrogen (secondary N) is 1. The van der Waals surface area contributed by atoms with Gasteiger partial charge >= 0.3 is 12.1 Å². The molecule has 0 saturated carbocycles. The summed E-state index contributed by atoms with van der Waals surface area (Å²) >= 11 is 0. The van der Waals surface area contributed by atoms with Gasteiger partial charge < -0.3 is 19.7 Å². The van der Waals surface area contributed by atoms with Crippen molar-refractivity contribution in [3.63, 3.8) is 0 Å². The van der Waals surface area contributed by atoms with Gasteiger partial charge in [0.2, 0.25) is 0 Å². The zero-order valence-electron chi connectivity index (χ0n) is 18.3. The number of likely N-dealkylation sites (tertiary alicyclic amines) is 1. The number of amides is 1. The highest BCUT2D eigenvalue weighted by Crippen LogP contribution is 2.24. The Kier molecular flexibility index (Phi) is 8.96. The standard InChI is InChI=1S/C23H36N2O4/c1-5-28-21(26)20(24-17-19-9-7-6-8-10-19)12-11-18-13-15-25(16-14-18)22(27)29-23(2,3)4/h6-10,18,20,24H,5,11-17H2,1-4H3. The Bertz CT molecular complexity index is 634. The molecule has 1 heterocycles. The molecule has 162 valence electrons. The van der Waals surface area contributed by atoms with Crippen molar-refractivity contribution in [1.29, 1.82) is 0 Å². The van der Waals surface area contributed by atoms with Gasteiger partial charge in [-0.2, -0.15) is 0 Å². The molecule has 6 heteroatoms. The molecular formula is C23H36N2O4. The van der Waals surface area contributed by atoms with E-state index in [0.29, 0.717) is 32.2 Å². The van der Waals surface area contributed by atoms with Crippen LogP contribution in [0.4, 0.5) is 4.79 Å². The summed E-state index contributed by atoms with van der Waals surface area (Å²) in [7, 11) is 0. The molecule has 2 rings (SSSR count). The van der Waals surface area contributed by atoms with Gasteiger partial charge in [0.15, 0.2) is 0 Å². The summed E-state index contributed by atoms with van der Waals surface area (Å²) in [5.41, 5.74) is 0.679. The van der Waals surface area contributed by atoms with Gasteiger partial charge in [-0.1, -0.05) is 30.3 Å². The number of hydrogen-bond donors (Lipinski definition) is 1. The molecule has 1 N–H and O–H groups in total. The summed E-state index contributed by atoms with van der Waals surface area (Å²) in [6.07, 6.45) is 3.32. The molecule has 0 aliphatic carbocycles. The molecule has 0 radical (unpaired) electrons. The predicted octanol–water partition coefficient (Wildman–Crippen LogP) is 4.14. The van der Waals surface area contributed by atoms with Crippen molar-refractivity contribution in [1.82, 2.24) is 10.2 Å². The number of piperidine rings is 1. The molecule has 6 nitrogen and oxygen atoms in total. The van der Waals surface area contributed by atoms with Gasteiger partial charge in [0.1, 0.15) is 11.6 Å². The summed E-state index contributed by atoms with van der Waals surface area (Å²) in [5, 5.41) is 3.35. The van der Waals surface area contributed by atoms with Crippen LogP contribution in [0.25, 0.3) is 0 Å². The fourth-order valence-corrected chi connectivity index (χ4v) is 3.52. The lowest BCUT2D eigenvalue weighted by Gasteiger charge is -2.33. The first-order valence-corrected chi connectivity index (χ1v) is 10.7. The molecule has 1 atom stereocenters. The van der Waals surface area contributed by atoms with Crippen molar-refractivity contribution < 1.29 is 19.1 Å². The normalized spacial score (nSPS) is 16.3. The molecule has 0 aromatic heterocycles. The van der Waals surface area contributed by atoms with Crippen LogP contribution in [-0.4, -0.2) is 48.3 Å². The third-order valence-corrected chi connectivity index (χ3v) is 5.10. The van der Waals surface area contributed by atoms with E-state index in [-0.39, 0.29) is 18.1 Å². The topological polar surface area (TPSA) is 67.9 Å². The number of ether oxygens (including phenoxy) is 2. The van der Waals surface area contributed by atoms with E-state index >= 15 is 0 Å². The number of hydrogen-bond acceptors (Lipinski definition) is 5. The smallest absolute Gasteiger partial charge is 0.410 e. The largest absolute Gasteiger partial charge is 0.465 e. The van der Waals surface area contributed by atoms with Gasteiger partial charge in [0.25, 0.3) is 0 Å². The average Bonchev–Trinajstić information content (AvgIpc) is 2.68. The molecule has 29 heavy (non-hydrogen) atoms. The van der Waals surface area contributed by atoms with E-state index in [1.165, 1.54) is 0 Å². The fraction of sp³-hybridized carbons (Fsp3) is 0.652. The molecular weight excluding hydrogens is 368 g/mol. The molecule has 1 aromatic rings. The van der Waals surface area contributed by atoms with Crippen molar-refractivity contribution in [2.75, 3.05) is 19.7 Å². The Morgan fingerprint density at radius 3 is 2.41 bits per heavy atom. The molecule has 0 bridgehead atoms. The Balaban J connectivity index is 1.80. The van der Waals surface area contributed by atoms with E-state index in [1.54, 1.807) is 4.90 Å².